The molecule has 0 radical (unpaired) electrons. The minimum Gasteiger partial charge on any atom is -0.359 e. The molecule has 6 heteroatoms. The topological polar surface area (TPSA) is 67.2 Å². The van der Waals surface area contributed by atoms with E-state index in [1.807, 2.05) is 20.8 Å². The molecule has 5 nitrogen and oxygen atoms in total. The molecule has 0 spiro atoms. The van der Waals surface area contributed by atoms with Crippen molar-refractivity contribution in [2.45, 2.75) is 32.7 Å². The van der Waals surface area contributed by atoms with Gasteiger partial charge in [-0.1, -0.05) is 38.1 Å². The van der Waals surface area contributed by atoms with Crippen LogP contribution in [0.5, 0.6) is 0 Å². The number of nitrogens with zero attached hydrogens (tertiary/aromatic N) is 1. The number of anilines is 1. The second kappa shape index (κ2) is 5.95. The van der Waals surface area contributed by atoms with Gasteiger partial charge in [-0.05, 0) is 17.7 Å². The average Bonchev–Trinajstić information content (AvgIpc) is 2.85. The highest BCUT2D eigenvalue weighted by atomic mass is 19.1. The third-order valence-corrected chi connectivity index (χ3v) is 2.83. The summed E-state index contributed by atoms with van der Waals surface area (Å²) >= 11 is 0. The number of aromatic nitrogens is 1. The number of amides is 2. The third kappa shape index (κ3) is 4.30. The lowest BCUT2D eigenvalue weighted by Crippen LogP contribution is -2.28. The van der Waals surface area contributed by atoms with E-state index < -0.39 is 6.03 Å². The predicted octanol–water partition coefficient (Wildman–Crippen LogP) is 3.43. The van der Waals surface area contributed by atoms with Gasteiger partial charge in [0.1, 0.15) is 11.6 Å². The maximum atomic E-state index is 13.0. The van der Waals surface area contributed by atoms with E-state index in [0.717, 1.165) is 0 Å². The van der Waals surface area contributed by atoms with Crippen molar-refractivity contribution in [2.75, 3.05) is 5.32 Å². The highest BCUT2D eigenvalue weighted by Gasteiger charge is 2.20. The molecule has 0 fully saturated rings. The number of nitrogens with one attached hydrogen (secondary N) is 2. The van der Waals surface area contributed by atoms with Crippen molar-refractivity contribution in [2.24, 2.45) is 0 Å². The number of urea groups is 1. The van der Waals surface area contributed by atoms with Crippen LogP contribution in [0.25, 0.3) is 0 Å². The molecule has 0 unspecified atom stereocenters. The van der Waals surface area contributed by atoms with Crippen molar-refractivity contribution in [1.29, 1.82) is 0 Å². The summed E-state index contributed by atoms with van der Waals surface area (Å²) in [6.45, 7) is 6.19. The first-order valence-corrected chi connectivity index (χ1v) is 6.61. The van der Waals surface area contributed by atoms with E-state index in [4.69, 9.17) is 4.52 Å². The maximum Gasteiger partial charge on any atom is 0.320 e. The quantitative estimate of drug-likeness (QED) is 0.910. The van der Waals surface area contributed by atoms with Crippen molar-refractivity contribution >= 4 is 11.8 Å². The van der Waals surface area contributed by atoms with Crippen LogP contribution >= 0.6 is 0 Å². The van der Waals surface area contributed by atoms with E-state index in [-0.39, 0.29) is 17.8 Å². The van der Waals surface area contributed by atoms with Gasteiger partial charge in [0.25, 0.3) is 0 Å². The highest BCUT2D eigenvalue weighted by Crippen LogP contribution is 2.24. The summed E-state index contributed by atoms with van der Waals surface area (Å²) in [5.74, 6) is 0.695. The zero-order chi connectivity index (χ0) is 15.5. The Morgan fingerprint density at radius 3 is 2.71 bits per heavy atom. The van der Waals surface area contributed by atoms with Crippen LogP contribution in [0.1, 0.15) is 32.1 Å². The number of rotatable bonds is 3. The van der Waals surface area contributed by atoms with E-state index in [0.29, 0.717) is 17.1 Å². The molecule has 0 saturated heterocycles. The number of benzene rings is 1. The minimum atomic E-state index is -0.423. The van der Waals surface area contributed by atoms with Crippen LogP contribution < -0.4 is 10.6 Å². The predicted molar refractivity (Wildman–Crippen MR) is 77.5 cm³/mol. The molecule has 0 saturated carbocycles. The van der Waals surface area contributed by atoms with Crippen molar-refractivity contribution in [1.82, 2.24) is 10.5 Å². The summed E-state index contributed by atoms with van der Waals surface area (Å²) in [6.07, 6.45) is 0. The van der Waals surface area contributed by atoms with Crippen LogP contribution in [-0.4, -0.2) is 11.2 Å². The summed E-state index contributed by atoms with van der Waals surface area (Å²) in [7, 11) is 0. The van der Waals surface area contributed by atoms with E-state index in [1.54, 1.807) is 18.2 Å². The summed E-state index contributed by atoms with van der Waals surface area (Å²) < 4.78 is 18.2. The molecule has 1 aromatic heterocycles. The zero-order valence-corrected chi connectivity index (χ0v) is 12.2. The molecule has 1 heterocycles. The first-order chi connectivity index (χ1) is 9.84. The third-order valence-electron chi connectivity index (χ3n) is 2.83. The molecule has 0 aliphatic heterocycles. The minimum absolute atomic E-state index is 0.176. The molecule has 0 aliphatic rings. The van der Waals surface area contributed by atoms with Crippen LogP contribution in [0, 0.1) is 5.82 Å². The fraction of sp³-hybridized carbons (Fsp3) is 0.333. The number of hydrogen-bond donors (Lipinski definition) is 2. The van der Waals surface area contributed by atoms with Crippen molar-refractivity contribution in [3.63, 3.8) is 0 Å². The van der Waals surface area contributed by atoms with E-state index >= 15 is 0 Å². The molecule has 2 amide bonds. The smallest absolute Gasteiger partial charge is 0.320 e. The Hall–Kier alpha value is -2.37. The Morgan fingerprint density at radius 2 is 2.10 bits per heavy atom. The normalized spacial score (nSPS) is 11.2. The SMILES string of the molecule is CC(C)(C)c1cc(NC(=O)NCc2cccc(F)c2)no1. The molecule has 112 valence electrons. The molecular formula is C15H18FN3O2. The lowest BCUT2D eigenvalue weighted by molar-refractivity contribution is 0.251. The standard InChI is InChI=1S/C15H18FN3O2/c1-15(2,3)12-8-13(19-21-12)18-14(20)17-9-10-5-4-6-11(16)7-10/h4-8H,9H2,1-3H3,(H2,17,18,19,20). The fourth-order valence-corrected chi connectivity index (χ4v) is 1.68. The van der Waals surface area contributed by atoms with Gasteiger partial charge in [0, 0.05) is 18.0 Å². The molecule has 1 aromatic carbocycles. The molecular weight excluding hydrogens is 273 g/mol. The van der Waals surface area contributed by atoms with Gasteiger partial charge in [-0.3, -0.25) is 5.32 Å². The Balaban J connectivity index is 1.89. The van der Waals surface area contributed by atoms with Gasteiger partial charge in [0.15, 0.2) is 5.82 Å². The van der Waals surface area contributed by atoms with Gasteiger partial charge in [-0.25, -0.2) is 9.18 Å². The molecule has 0 bridgehead atoms. The Kier molecular flexibility index (Phi) is 4.26. The molecule has 2 rings (SSSR count). The van der Waals surface area contributed by atoms with E-state index in [1.165, 1.54) is 12.1 Å². The fourth-order valence-electron chi connectivity index (χ4n) is 1.68. The van der Waals surface area contributed by atoms with Gasteiger partial charge in [0.05, 0.1) is 0 Å². The van der Waals surface area contributed by atoms with Gasteiger partial charge in [-0.2, -0.15) is 0 Å². The largest absolute Gasteiger partial charge is 0.359 e. The average molecular weight is 291 g/mol. The lowest BCUT2D eigenvalue weighted by atomic mass is 9.93. The van der Waals surface area contributed by atoms with Crippen LogP contribution in [-0.2, 0) is 12.0 Å². The Morgan fingerprint density at radius 1 is 1.33 bits per heavy atom. The van der Waals surface area contributed by atoms with Gasteiger partial charge in [-0.15, -0.1) is 0 Å². The van der Waals surface area contributed by atoms with E-state index in [9.17, 15) is 9.18 Å². The molecule has 0 atom stereocenters. The number of halogens is 1. The number of hydrogen-bond acceptors (Lipinski definition) is 3. The summed E-state index contributed by atoms with van der Waals surface area (Å²) in [5, 5.41) is 8.98. The Bertz CT molecular complexity index is 632. The van der Waals surface area contributed by atoms with Crippen molar-refractivity contribution in [3.8, 4) is 0 Å². The molecule has 21 heavy (non-hydrogen) atoms. The molecule has 0 aliphatic carbocycles. The molecule has 2 N–H and O–H groups in total. The Labute approximate surface area is 122 Å². The second-order valence-corrected chi connectivity index (χ2v) is 5.76. The highest BCUT2D eigenvalue weighted by molar-refractivity contribution is 5.88. The van der Waals surface area contributed by atoms with Crippen molar-refractivity contribution in [3.05, 3.63) is 47.5 Å². The van der Waals surface area contributed by atoms with Crippen LogP contribution in [0.2, 0.25) is 0 Å². The van der Waals surface area contributed by atoms with Crippen LogP contribution in [0.3, 0.4) is 0 Å². The van der Waals surface area contributed by atoms with Gasteiger partial charge < -0.3 is 9.84 Å². The van der Waals surface area contributed by atoms with Crippen molar-refractivity contribution < 1.29 is 13.7 Å². The second-order valence-electron chi connectivity index (χ2n) is 5.76. The summed E-state index contributed by atoms with van der Waals surface area (Å²) in [6, 6.07) is 7.31. The number of carbonyl (C=O) groups is 1. The van der Waals surface area contributed by atoms with Gasteiger partial charge >= 0.3 is 6.03 Å². The number of carbonyl (C=O) groups excluding carboxylic acids is 1. The lowest BCUT2D eigenvalue weighted by Gasteiger charge is -2.12. The monoisotopic (exact) mass is 291 g/mol. The zero-order valence-electron chi connectivity index (χ0n) is 12.2. The maximum absolute atomic E-state index is 13.0. The summed E-state index contributed by atoms with van der Waals surface area (Å²) in [5.41, 5.74) is 0.506. The van der Waals surface area contributed by atoms with Crippen LogP contribution in [0.15, 0.2) is 34.9 Å². The summed E-state index contributed by atoms with van der Waals surface area (Å²) in [4.78, 5) is 11.7. The first kappa shape index (κ1) is 15.0. The van der Waals surface area contributed by atoms with Gasteiger partial charge in [0.2, 0.25) is 0 Å². The van der Waals surface area contributed by atoms with Crippen LogP contribution in [0.4, 0.5) is 15.0 Å². The van der Waals surface area contributed by atoms with E-state index in [2.05, 4.69) is 15.8 Å². The first-order valence-electron chi connectivity index (χ1n) is 6.61. The molecule has 2 aromatic rings.